The minimum Gasteiger partial charge on any atom is -0.468 e. The lowest BCUT2D eigenvalue weighted by atomic mass is 10.00. The molecule has 1 aromatic carbocycles. The predicted molar refractivity (Wildman–Crippen MR) is 102 cm³/mol. The number of carbonyl (C=O) groups excluding carboxylic acids is 1. The number of likely N-dealkylation sites (N-methyl/N-ethyl adjacent to an activating group) is 1. The molecule has 1 aliphatic heterocycles. The van der Waals surface area contributed by atoms with E-state index >= 15 is 0 Å². The van der Waals surface area contributed by atoms with Gasteiger partial charge in [-0.05, 0) is 55.9 Å². The number of fused-ring (bicyclic) bond motifs is 1. The highest BCUT2D eigenvalue weighted by molar-refractivity contribution is 7.89. The summed E-state index contributed by atoms with van der Waals surface area (Å²) in [6.45, 7) is 2.84. The maximum absolute atomic E-state index is 12.8. The Morgan fingerprint density at radius 1 is 1.30 bits per heavy atom. The first-order chi connectivity index (χ1) is 12.8. The maximum Gasteiger partial charge on any atom is 0.240 e. The van der Waals surface area contributed by atoms with E-state index in [4.69, 9.17) is 4.42 Å². The van der Waals surface area contributed by atoms with Crippen LogP contribution in [0.1, 0.15) is 29.9 Å². The van der Waals surface area contributed by atoms with Gasteiger partial charge in [0.05, 0.1) is 17.2 Å². The van der Waals surface area contributed by atoms with Crippen LogP contribution in [0.4, 0.5) is 0 Å². The lowest BCUT2D eigenvalue weighted by Gasteiger charge is -2.28. The van der Waals surface area contributed by atoms with Crippen molar-refractivity contribution in [3.8, 4) is 0 Å². The van der Waals surface area contributed by atoms with Gasteiger partial charge < -0.3 is 9.32 Å². The second-order valence-electron chi connectivity index (χ2n) is 6.97. The normalized spacial score (nSPS) is 15.6. The molecule has 2 heterocycles. The molecular weight excluding hydrogens is 366 g/mol. The number of nitrogens with zero attached hydrogens (tertiary/aromatic N) is 2. The fourth-order valence-corrected chi connectivity index (χ4v) is 4.35. The Morgan fingerprint density at radius 3 is 2.70 bits per heavy atom. The van der Waals surface area contributed by atoms with E-state index < -0.39 is 10.0 Å². The number of sulfonamides is 1. The van der Waals surface area contributed by atoms with Crippen LogP contribution in [0.15, 0.2) is 45.9 Å². The SMILES string of the molecule is CC(=O)N1CCc2ccc(S(=O)(=O)NCC(c3ccco3)N(C)C)cc2C1. The Bertz CT molecular complexity index is 907. The van der Waals surface area contributed by atoms with Gasteiger partial charge in [0.25, 0.3) is 0 Å². The Morgan fingerprint density at radius 2 is 2.07 bits per heavy atom. The zero-order valence-corrected chi connectivity index (χ0v) is 16.6. The topological polar surface area (TPSA) is 82.9 Å². The molecule has 1 unspecified atom stereocenters. The van der Waals surface area contributed by atoms with Crippen molar-refractivity contribution in [2.24, 2.45) is 0 Å². The highest BCUT2D eigenvalue weighted by atomic mass is 32.2. The molecule has 0 spiro atoms. The molecule has 1 aliphatic rings. The van der Waals surface area contributed by atoms with Crippen LogP contribution in [0, 0.1) is 0 Å². The molecule has 1 amide bonds. The van der Waals surface area contributed by atoms with Crippen LogP contribution < -0.4 is 4.72 Å². The Labute approximate surface area is 160 Å². The molecule has 0 bridgehead atoms. The van der Waals surface area contributed by atoms with Gasteiger partial charge in [0, 0.05) is 26.6 Å². The number of rotatable bonds is 6. The van der Waals surface area contributed by atoms with Crippen LogP contribution in [-0.4, -0.2) is 51.3 Å². The summed E-state index contributed by atoms with van der Waals surface area (Å²) in [5.74, 6) is 0.699. The fraction of sp³-hybridized carbons (Fsp3) is 0.421. The number of hydrogen-bond acceptors (Lipinski definition) is 5. The van der Waals surface area contributed by atoms with E-state index in [1.54, 1.807) is 29.4 Å². The van der Waals surface area contributed by atoms with Crippen LogP contribution in [-0.2, 0) is 27.8 Å². The van der Waals surface area contributed by atoms with E-state index in [9.17, 15) is 13.2 Å². The van der Waals surface area contributed by atoms with Gasteiger partial charge in [-0.1, -0.05) is 6.07 Å². The molecule has 0 radical (unpaired) electrons. The number of benzene rings is 1. The highest BCUT2D eigenvalue weighted by Gasteiger charge is 2.24. The van der Waals surface area contributed by atoms with Crippen molar-refractivity contribution in [3.63, 3.8) is 0 Å². The number of amides is 1. The molecule has 2 aromatic rings. The van der Waals surface area contributed by atoms with Crippen molar-refractivity contribution < 1.29 is 17.6 Å². The summed E-state index contributed by atoms with van der Waals surface area (Å²) in [6.07, 6.45) is 2.31. The van der Waals surface area contributed by atoms with Gasteiger partial charge in [0.1, 0.15) is 5.76 Å². The van der Waals surface area contributed by atoms with E-state index in [0.717, 1.165) is 17.5 Å². The first-order valence-electron chi connectivity index (χ1n) is 8.85. The second-order valence-corrected chi connectivity index (χ2v) is 8.73. The van der Waals surface area contributed by atoms with Crippen molar-refractivity contribution in [2.45, 2.75) is 30.8 Å². The zero-order valence-electron chi connectivity index (χ0n) is 15.8. The van der Waals surface area contributed by atoms with Gasteiger partial charge in [-0.2, -0.15) is 0 Å². The predicted octanol–water partition coefficient (Wildman–Crippen LogP) is 1.77. The van der Waals surface area contributed by atoms with Crippen LogP contribution >= 0.6 is 0 Å². The Kier molecular flexibility index (Phi) is 5.69. The largest absolute Gasteiger partial charge is 0.468 e. The molecule has 27 heavy (non-hydrogen) atoms. The maximum atomic E-state index is 12.8. The molecule has 146 valence electrons. The molecule has 0 saturated carbocycles. The van der Waals surface area contributed by atoms with Gasteiger partial charge in [-0.25, -0.2) is 13.1 Å². The monoisotopic (exact) mass is 391 g/mol. The van der Waals surface area contributed by atoms with E-state index in [1.165, 1.54) is 6.92 Å². The first-order valence-corrected chi connectivity index (χ1v) is 10.3. The van der Waals surface area contributed by atoms with E-state index in [2.05, 4.69) is 4.72 Å². The van der Waals surface area contributed by atoms with Crippen LogP contribution in [0.3, 0.4) is 0 Å². The third kappa shape index (κ3) is 4.40. The van der Waals surface area contributed by atoms with E-state index in [0.29, 0.717) is 18.8 Å². The van der Waals surface area contributed by atoms with Gasteiger partial charge >= 0.3 is 0 Å². The number of carbonyl (C=O) groups is 1. The summed E-state index contributed by atoms with van der Waals surface area (Å²) in [5, 5.41) is 0. The van der Waals surface area contributed by atoms with Crippen molar-refractivity contribution in [1.29, 1.82) is 0 Å². The minimum absolute atomic E-state index is 0.000641. The van der Waals surface area contributed by atoms with Gasteiger partial charge in [-0.3, -0.25) is 9.69 Å². The van der Waals surface area contributed by atoms with Gasteiger partial charge in [0.15, 0.2) is 0 Å². The molecule has 1 N–H and O–H groups in total. The van der Waals surface area contributed by atoms with E-state index in [-0.39, 0.29) is 23.4 Å². The smallest absolute Gasteiger partial charge is 0.240 e. The fourth-order valence-electron chi connectivity index (χ4n) is 3.26. The molecule has 0 saturated heterocycles. The van der Waals surface area contributed by atoms with Crippen LogP contribution in [0.5, 0.6) is 0 Å². The van der Waals surface area contributed by atoms with Crippen LogP contribution in [0.25, 0.3) is 0 Å². The average molecular weight is 391 g/mol. The number of hydrogen-bond donors (Lipinski definition) is 1. The molecule has 3 rings (SSSR count). The molecular formula is C19H25N3O4S. The van der Waals surface area contributed by atoms with Crippen molar-refractivity contribution in [1.82, 2.24) is 14.5 Å². The molecule has 0 fully saturated rings. The Balaban J connectivity index is 1.77. The first kappa shape index (κ1) is 19.6. The summed E-state index contributed by atoms with van der Waals surface area (Å²) in [7, 11) is 0.0706. The summed E-state index contributed by atoms with van der Waals surface area (Å²) < 4.78 is 33.7. The lowest BCUT2D eigenvalue weighted by molar-refractivity contribution is -0.129. The summed E-state index contributed by atoms with van der Waals surface area (Å²) in [6, 6.07) is 8.54. The zero-order chi connectivity index (χ0) is 19.6. The van der Waals surface area contributed by atoms with E-state index in [1.807, 2.05) is 31.1 Å². The summed E-state index contributed by atoms with van der Waals surface area (Å²) >= 11 is 0. The molecule has 1 atom stereocenters. The van der Waals surface area contributed by atoms with Crippen molar-refractivity contribution >= 4 is 15.9 Å². The molecule has 8 heteroatoms. The second kappa shape index (κ2) is 7.84. The number of furan rings is 1. The summed E-state index contributed by atoms with van der Waals surface area (Å²) in [4.78, 5) is 15.5. The quantitative estimate of drug-likeness (QED) is 0.811. The minimum atomic E-state index is -3.67. The third-order valence-electron chi connectivity index (χ3n) is 4.91. The third-order valence-corrected chi connectivity index (χ3v) is 6.33. The summed E-state index contributed by atoms with van der Waals surface area (Å²) in [5.41, 5.74) is 1.97. The average Bonchev–Trinajstić information content (AvgIpc) is 3.14. The molecule has 1 aromatic heterocycles. The van der Waals surface area contributed by atoms with Crippen LogP contribution in [0.2, 0.25) is 0 Å². The standard InChI is InChI=1S/C19H25N3O4S/c1-14(23)22-9-8-15-6-7-17(11-16(15)13-22)27(24,25)20-12-18(21(2)3)19-5-4-10-26-19/h4-7,10-11,18,20H,8-9,12-13H2,1-3H3. The molecule has 7 nitrogen and oxygen atoms in total. The number of nitrogens with one attached hydrogen (secondary N) is 1. The highest BCUT2D eigenvalue weighted by Crippen LogP contribution is 2.23. The lowest BCUT2D eigenvalue weighted by Crippen LogP contribution is -2.35. The Hall–Kier alpha value is -2.16. The van der Waals surface area contributed by atoms with Crippen molar-refractivity contribution in [2.75, 3.05) is 27.2 Å². The molecule has 0 aliphatic carbocycles. The van der Waals surface area contributed by atoms with Gasteiger partial charge in [0.2, 0.25) is 15.9 Å². The van der Waals surface area contributed by atoms with Gasteiger partial charge in [-0.15, -0.1) is 0 Å². The van der Waals surface area contributed by atoms with Crippen molar-refractivity contribution in [3.05, 3.63) is 53.5 Å².